The second-order valence-electron chi connectivity index (χ2n) is 9.85. The lowest BCUT2D eigenvalue weighted by Crippen LogP contribution is -2.44. The van der Waals surface area contributed by atoms with E-state index in [1.54, 1.807) is 13.0 Å². The number of nitrogens with two attached hydrogens (primary N) is 1. The molecule has 0 radical (unpaired) electrons. The lowest BCUT2D eigenvalue weighted by Gasteiger charge is -2.31. The number of ether oxygens (including phenoxy) is 1. The van der Waals surface area contributed by atoms with E-state index < -0.39 is 44.9 Å². The molecule has 12 heteroatoms. The van der Waals surface area contributed by atoms with E-state index in [1.807, 2.05) is 0 Å². The molecule has 0 fully saturated rings. The second-order valence-corrected chi connectivity index (χ2v) is 11.4. The van der Waals surface area contributed by atoms with Crippen molar-refractivity contribution in [2.75, 3.05) is 5.75 Å². The fraction of sp³-hybridized carbons (Fsp3) is 0.400. The number of nitrogens with zero attached hydrogens (tertiary/aromatic N) is 2. The van der Waals surface area contributed by atoms with Crippen LogP contribution in [0.2, 0.25) is 0 Å². The van der Waals surface area contributed by atoms with Gasteiger partial charge in [0.15, 0.2) is 5.60 Å². The van der Waals surface area contributed by atoms with Crippen molar-refractivity contribution in [3.63, 3.8) is 0 Å². The molecule has 194 valence electrons. The molecule has 2 aromatic heterocycles. The normalized spacial score (nSPS) is 22.0. The van der Waals surface area contributed by atoms with Crippen LogP contribution in [0.25, 0.3) is 22.3 Å². The maximum Gasteiger partial charge on any atom is 0.343 e. The Morgan fingerprint density at radius 2 is 2.03 bits per heavy atom. The SMILES string of the molecule is CC[C@@]1(O)C(=O)OCc2c1cc1n(c2=O)Cc2c-1nc1cc(F)c(CCS(=O)(=O)O)c3c1c2[C@@H](N)CC3. The molecule has 0 spiro atoms. The molecule has 2 aliphatic heterocycles. The summed E-state index contributed by atoms with van der Waals surface area (Å²) < 4.78 is 53.7. The molecular formula is C25H24FN3O7S. The molecule has 4 N–H and O–H groups in total. The van der Waals surface area contributed by atoms with E-state index in [4.69, 9.17) is 15.5 Å². The zero-order chi connectivity index (χ0) is 26.4. The van der Waals surface area contributed by atoms with Crippen molar-refractivity contribution < 1.29 is 32.0 Å². The molecule has 0 saturated carbocycles. The van der Waals surface area contributed by atoms with Gasteiger partial charge in [-0.1, -0.05) is 6.92 Å². The van der Waals surface area contributed by atoms with Gasteiger partial charge in [0.1, 0.15) is 12.4 Å². The summed E-state index contributed by atoms with van der Waals surface area (Å²) in [5, 5.41) is 11.7. The predicted molar refractivity (Wildman–Crippen MR) is 130 cm³/mol. The molecule has 6 rings (SSSR count). The fourth-order valence-electron chi connectivity index (χ4n) is 6.00. The van der Waals surface area contributed by atoms with Crippen molar-refractivity contribution in [1.29, 1.82) is 0 Å². The summed E-state index contributed by atoms with van der Waals surface area (Å²) in [5.41, 5.74) is 7.89. The largest absolute Gasteiger partial charge is 0.458 e. The topological polar surface area (TPSA) is 162 Å². The van der Waals surface area contributed by atoms with Crippen molar-refractivity contribution in [3.8, 4) is 11.4 Å². The molecule has 0 bridgehead atoms. The van der Waals surface area contributed by atoms with Gasteiger partial charge in [0.25, 0.3) is 15.7 Å². The minimum atomic E-state index is -4.29. The highest BCUT2D eigenvalue weighted by Crippen LogP contribution is 2.45. The number of carbonyl (C=O) groups is 1. The summed E-state index contributed by atoms with van der Waals surface area (Å²) in [6.45, 7) is 1.52. The number of aryl methyl sites for hydroxylation is 1. The molecule has 10 nitrogen and oxygen atoms in total. The lowest BCUT2D eigenvalue weighted by atomic mass is 9.81. The first-order chi connectivity index (χ1) is 17.4. The monoisotopic (exact) mass is 529 g/mol. The van der Waals surface area contributed by atoms with E-state index in [2.05, 4.69) is 0 Å². The van der Waals surface area contributed by atoms with E-state index in [0.717, 1.165) is 0 Å². The maximum absolute atomic E-state index is 15.2. The number of fused-ring (bicyclic) bond motifs is 5. The Labute approximate surface area is 210 Å². The average Bonchev–Trinajstić information content (AvgIpc) is 3.20. The van der Waals surface area contributed by atoms with E-state index in [0.29, 0.717) is 51.8 Å². The van der Waals surface area contributed by atoms with Crippen LogP contribution in [0, 0.1) is 5.82 Å². The zero-order valence-corrected chi connectivity index (χ0v) is 20.7. The van der Waals surface area contributed by atoms with Gasteiger partial charge < -0.3 is 20.1 Å². The quantitative estimate of drug-likeness (QED) is 0.263. The highest BCUT2D eigenvalue weighted by Gasteiger charge is 2.45. The molecule has 4 heterocycles. The van der Waals surface area contributed by atoms with Crippen LogP contribution in [-0.2, 0) is 51.2 Å². The first-order valence-electron chi connectivity index (χ1n) is 12.0. The van der Waals surface area contributed by atoms with Crippen molar-refractivity contribution in [2.45, 2.75) is 57.4 Å². The van der Waals surface area contributed by atoms with Crippen LogP contribution >= 0.6 is 0 Å². The van der Waals surface area contributed by atoms with Gasteiger partial charge >= 0.3 is 5.97 Å². The van der Waals surface area contributed by atoms with Crippen LogP contribution in [0.4, 0.5) is 4.39 Å². The Hall–Kier alpha value is -3.19. The van der Waals surface area contributed by atoms with Crippen LogP contribution in [-0.4, -0.2) is 39.4 Å². The van der Waals surface area contributed by atoms with Gasteiger partial charge in [0.2, 0.25) is 0 Å². The predicted octanol–water partition coefficient (Wildman–Crippen LogP) is 1.59. The van der Waals surface area contributed by atoms with Crippen LogP contribution in [0.3, 0.4) is 0 Å². The molecule has 2 atom stereocenters. The highest BCUT2D eigenvalue weighted by molar-refractivity contribution is 7.85. The van der Waals surface area contributed by atoms with Gasteiger partial charge in [-0.2, -0.15) is 8.42 Å². The summed E-state index contributed by atoms with van der Waals surface area (Å²) in [6.07, 6.45) is 0.697. The minimum Gasteiger partial charge on any atom is -0.458 e. The van der Waals surface area contributed by atoms with Gasteiger partial charge in [0.05, 0.1) is 34.8 Å². The zero-order valence-electron chi connectivity index (χ0n) is 19.9. The lowest BCUT2D eigenvalue weighted by molar-refractivity contribution is -0.172. The van der Waals surface area contributed by atoms with Crippen LogP contribution < -0.4 is 11.3 Å². The molecule has 3 aliphatic rings. The average molecular weight is 530 g/mol. The van der Waals surface area contributed by atoms with Gasteiger partial charge in [-0.3, -0.25) is 9.35 Å². The molecule has 1 aromatic carbocycles. The molecule has 0 unspecified atom stereocenters. The molecule has 3 aromatic rings. The highest BCUT2D eigenvalue weighted by atomic mass is 32.2. The molecule has 37 heavy (non-hydrogen) atoms. The third kappa shape index (κ3) is 3.39. The number of cyclic esters (lactones) is 1. The summed E-state index contributed by atoms with van der Waals surface area (Å²) in [4.78, 5) is 30.6. The first-order valence-corrected chi connectivity index (χ1v) is 13.6. The number of esters is 1. The van der Waals surface area contributed by atoms with E-state index in [9.17, 15) is 27.7 Å². The number of hydrogen-bond donors (Lipinski definition) is 3. The van der Waals surface area contributed by atoms with E-state index in [1.165, 1.54) is 10.6 Å². The number of aliphatic hydroxyl groups is 1. The van der Waals surface area contributed by atoms with Crippen molar-refractivity contribution in [1.82, 2.24) is 9.55 Å². The van der Waals surface area contributed by atoms with E-state index in [-0.39, 0.29) is 42.7 Å². The fourth-order valence-corrected chi connectivity index (χ4v) is 6.46. The number of carbonyl (C=O) groups excluding carboxylic acids is 1. The number of benzene rings is 1. The second kappa shape index (κ2) is 7.90. The Bertz CT molecular complexity index is 1720. The summed E-state index contributed by atoms with van der Waals surface area (Å²) in [5.74, 6) is -2.07. The number of halogens is 1. The van der Waals surface area contributed by atoms with Crippen molar-refractivity contribution >= 4 is 27.0 Å². The third-order valence-electron chi connectivity index (χ3n) is 7.87. The Morgan fingerprint density at radius 1 is 1.27 bits per heavy atom. The van der Waals surface area contributed by atoms with E-state index >= 15 is 4.39 Å². The number of hydrogen-bond acceptors (Lipinski definition) is 8. The Kier molecular flexibility index (Phi) is 5.16. The van der Waals surface area contributed by atoms with Crippen molar-refractivity contribution in [2.24, 2.45) is 5.73 Å². The van der Waals surface area contributed by atoms with Gasteiger partial charge in [-0.15, -0.1) is 0 Å². The molecular weight excluding hydrogens is 505 g/mol. The standard InChI is InChI=1S/C25H24FN3O7S/c1-2-25(32)15-7-19-22-13(9-29(19)23(30)14(15)10-36-24(25)31)20-17(27)4-3-12-11(5-6-37(33,34)35)16(26)8-18(28-22)21(12)20/h7-8,17,32H,2-6,9-10,27H2,1H3,(H,33,34,35)/t17-,25-/m0/s1. The van der Waals surface area contributed by atoms with Gasteiger partial charge in [-0.25, -0.2) is 14.2 Å². The molecule has 1 aliphatic carbocycles. The summed E-state index contributed by atoms with van der Waals surface area (Å²) in [6, 6.07) is 2.38. The Balaban J connectivity index is 1.62. The van der Waals surface area contributed by atoms with Gasteiger partial charge in [0, 0.05) is 28.6 Å². The Morgan fingerprint density at radius 3 is 2.73 bits per heavy atom. The smallest absolute Gasteiger partial charge is 0.343 e. The van der Waals surface area contributed by atoms with Gasteiger partial charge in [-0.05, 0) is 48.4 Å². The number of aromatic nitrogens is 2. The summed E-state index contributed by atoms with van der Waals surface area (Å²) >= 11 is 0. The first kappa shape index (κ1) is 24.2. The number of rotatable bonds is 4. The van der Waals surface area contributed by atoms with Crippen LogP contribution in [0.5, 0.6) is 0 Å². The molecule has 0 saturated heterocycles. The maximum atomic E-state index is 15.2. The minimum absolute atomic E-state index is 0.0107. The third-order valence-corrected chi connectivity index (χ3v) is 8.59. The molecule has 0 amide bonds. The van der Waals surface area contributed by atoms with Crippen molar-refractivity contribution in [3.05, 3.63) is 61.7 Å². The van der Waals surface area contributed by atoms with Crippen LogP contribution in [0.1, 0.15) is 59.2 Å². The summed E-state index contributed by atoms with van der Waals surface area (Å²) in [7, 11) is -4.29. The van der Waals surface area contributed by atoms with Crippen LogP contribution in [0.15, 0.2) is 16.9 Å². The number of pyridine rings is 2.